The van der Waals surface area contributed by atoms with Crippen LogP contribution in [0.25, 0.3) is 11.3 Å². The first-order valence-corrected chi connectivity index (χ1v) is 11.5. The zero-order valence-electron chi connectivity index (χ0n) is 18.1. The molecule has 1 heterocycles. The molecule has 1 aromatic heterocycles. The van der Waals surface area contributed by atoms with Crippen LogP contribution in [-0.2, 0) is 5.41 Å². The SMILES string of the molecule is CC(C)(C)c1ccc(C(=O)Nc2cccc(-c3csc(Nc4ccc(Cl)cc4)n3)c2)cc1. The standard InChI is InChI=1S/C26H24ClN3OS/c1-26(2,3)19-9-7-17(8-10-19)24(31)28-22-6-4-5-18(15-22)23-16-32-25(30-23)29-21-13-11-20(27)12-14-21/h4-16H,1-3H3,(H,28,31)(H,29,30). The van der Waals surface area contributed by atoms with Crippen LogP contribution in [0.15, 0.2) is 78.2 Å². The average Bonchev–Trinajstić information content (AvgIpc) is 3.24. The zero-order valence-corrected chi connectivity index (χ0v) is 19.7. The van der Waals surface area contributed by atoms with E-state index < -0.39 is 0 Å². The van der Waals surface area contributed by atoms with Crippen molar-refractivity contribution in [3.05, 3.63) is 94.3 Å². The van der Waals surface area contributed by atoms with Crippen molar-refractivity contribution >= 4 is 45.4 Å². The fraction of sp³-hybridized carbons (Fsp3) is 0.154. The van der Waals surface area contributed by atoms with E-state index in [1.54, 1.807) is 0 Å². The van der Waals surface area contributed by atoms with Gasteiger partial charge in [-0.25, -0.2) is 4.98 Å². The number of carbonyl (C=O) groups excluding carboxylic acids is 1. The Morgan fingerprint density at radius 3 is 2.34 bits per heavy atom. The Bertz CT molecular complexity index is 1230. The largest absolute Gasteiger partial charge is 0.332 e. The van der Waals surface area contributed by atoms with Crippen LogP contribution in [-0.4, -0.2) is 10.9 Å². The topological polar surface area (TPSA) is 54.0 Å². The number of benzene rings is 3. The van der Waals surface area contributed by atoms with Crippen molar-refractivity contribution < 1.29 is 4.79 Å². The van der Waals surface area contributed by atoms with Crippen LogP contribution < -0.4 is 10.6 Å². The molecule has 0 bridgehead atoms. The lowest BCUT2D eigenvalue weighted by Crippen LogP contribution is -2.14. The summed E-state index contributed by atoms with van der Waals surface area (Å²) in [6.07, 6.45) is 0. The average molecular weight is 462 g/mol. The number of thiazole rings is 1. The minimum Gasteiger partial charge on any atom is -0.332 e. The highest BCUT2D eigenvalue weighted by atomic mass is 35.5. The molecule has 0 atom stereocenters. The molecule has 3 aromatic carbocycles. The quantitative estimate of drug-likeness (QED) is 0.319. The summed E-state index contributed by atoms with van der Waals surface area (Å²) in [5, 5.41) is 9.74. The van der Waals surface area contributed by atoms with Crippen LogP contribution in [0, 0.1) is 0 Å². The summed E-state index contributed by atoms with van der Waals surface area (Å²) in [5.41, 5.74) is 5.32. The monoisotopic (exact) mass is 461 g/mol. The van der Waals surface area contributed by atoms with Crippen molar-refractivity contribution in [2.45, 2.75) is 26.2 Å². The highest BCUT2D eigenvalue weighted by Gasteiger charge is 2.14. The summed E-state index contributed by atoms with van der Waals surface area (Å²) in [6.45, 7) is 6.47. The molecular weight excluding hydrogens is 438 g/mol. The Labute approximate surface area is 197 Å². The summed E-state index contributed by atoms with van der Waals surface area (Å²) in [4.78, 5) is 17.4. The van der Waals surface area contributed by atoms with Gasteiger partial charge in [-0.3, -0.25) is 4.79 Å². The van der Waals surface area contributed by atoms with Gasteiger partial charge >= 0.3 is 0 Å². The fourth-order valence-electron chi connectivity index (χ4n) is 3.20. The van der Waals surface area contributed by atoms with E-state index >= 15 is 0 Å². The van der Waals surface area contributed by atoms with E-state index in [9.17, 15) is 4.79 Å². The minimum atomic E-state index is -0.133. The predicted molar refractivity (Wildman–Crippen MR) is 135 cm³/mol. The highest BCUT2D eigenvalue weighted by molar-refractivity contribution is 7.14. The molecule has 4 aromatic rings. The predicted octanol–water partition coefficient (Wildman–Crippen LogP) is 7.76. The molecule has 6 heteroatoms. The maximum atomic E-state index is 12.7. The molecular formula is C26H24ClN3OS. The lowest BCUT2D eigenvalue weighted by atomic mass is 9.87. The zero-order chi connectivity index (χ0) is 22.7. The maximum absolute atomic E-state index is 12.7. The molecule has 4 nitrogen and oxygen atoms in total. The van der Waals surface area contributed by atoms with Crippen molar-refractivity contribution in [1.29, 1.82) is 0 Å². The van der Waals surface area contributed by atoms with Crippen LogP contribution in [0.2, 0.25) is 5.02 Å². The number of aromatic nitrogens is 1. The van der Waals surface area contributed by atoms with Crippen LogP contribution >= 0.6 is 22.9 Å². The number of anilines is 3. The molecule has 0 aliphatic rings. The Balaban J connectivity index is 1.46. The first-order chi connectivity index (χ1) is 15.3. The van der Waals surface area contributed by atoms with E-state index in [0.29, 0.717) is 10.6 Å². The number of halogens is 1. The van der Waals surface area contributed by atoms with Crippen molar-refractivity contribution in [2.75, 3.05) is 10.6 Å². The molecule has 0 radical (unpaired) electrons. The summed E-state index contributed by atoms with van der Waals surface area (Å²) < 4.78 is 0. The molecule has 0 saturated carbocycles. The van der Waals surface area contributed by atoms with Crippen molar-refractivity contribution in [1.82, 2.24) is 4.98 Å². The minimum absolute atomic E-state index is 0.0537. The Kier molecular flexibility index (Phi) is 6.31. The molecule has 1 amide bonds. The molecule has 0 saturated heterocycles. The van der Waals surface area contributed by atoms with Crippen molar-refractivity contribution in [3.8, 4) is 11.3 Å². The van der Waals surface area contributed by atoms with Gasteiger partial charge in [0.25, 0.3) is 5.91 Å². The Hall–Kier alpha value is -3.15. The van der Waals surface area contributed by atoms with Gasteiger partial charge in [-0.2, -0.15) is 0 Å². The van der Waals surface area contributed by atoms with Crippen LogP contribution in [0.3, 0.4) is 0 Å². The summed E-state index contributed by atoms with van der Waals surface area (Å²) in [6, 6.07) is 23.0. The Morgan fingerprint density at radius 2 is 1.66 bits per heavy atom. The molecule has 32 heavy (non-hydrogen) atoms. The lowest BCUT2D eigenvalue weighted by Gasteiger charge is -2.19. The second kappa shape index (κ2) is 9.15. The fourth-order valence-corrected chi connectivity index (χ4v) is 4.07. The smallest absolute Gasteiger partial charge is 0.255 e. The van der Waals surface area contributed by atoms with Crippen LogP contribution in [0.1, 0.15) is 36.7 Å². The summed E-state index contributed by atoms with van der Waals surface area (Å²) in [7, 11) is 0. The molecule has 0 aliphatic heterocycles. The first-order valence-electron chi connectivity index (χ1n) is 10.3. The molecule has 0 unspecified atom stereocenters. The van der Waals surface area contributed by atoms with E-state index in [2.05, 4.69) is 36.4 Å². The number of hydrogen-bond acceptors (Lipinski definition) is 4. The number of hydrogen-bond donors (Lipinski definition) is 2. The van der Waals surface area contributed by atoms with Gasteiger partial charge in [0.15, 0.2) is 5.13 Å². The molecule has 0 aliphatic carbocycles. The number of amides is 1. The third kappa shape index (κ3) is 5.36. The van der Waals surface area contributed by atoms with E-state index in [0.717, 1.165) is 27.8 Å². The van der Waals surface area contributed by atoms with Gasteiger partial charge in [0, 0.05) is 32.9 Å². The van der Waals surface area contributed by atoms with Crippen molar-refractivity contribution in [2.24, 2.45) is 0 Å². The van der Waals surface area contributed by atoms with E-state index in [1.165, 1.54) is 16.9 Å². The third-order valence-corrected chi connectivity index (χ3v) is 6.04. The number of carbonyl (C=O) groups is 1. The van der Waals surface area contributed by atoms with Crippen LogP contribution in [0.4, 0.5) is 16.5 Å². The molecule has 162 valence electrons. The second-order valence-corrected chi connectivity index (χ2v) is 9.83. The third-order valence-electron chi connectivity index (χ3n) is 5.03. The first kappa shape index (κ1) is 22.1. The van der Waals surface area contributed by atoms with Gasteiger partial charge in [-0.1, -0.05) is 56.6 Å². The maximum Gasteiger partial charge on any atom is 0.255 e. The van der Waals surface area contributed by atoms with Crippen LogP contribution in [0.5, 0.6) is 0 Å². The summed E-state index contributed by atoms with van der Waals surface area (Å²) >= 11 is 7.46. The van der Waals surface area contributed by atoms with Gasteiger partial charge in [0.05, 0.1) is 5.69 Å². The Morgan fingerprint density at radius 1 is 0.938 bits per heavy atom. The van der Waals surface area contributed by atoms with Gasteiger partial charge in [-0.05, 0) is 59.5 Å². The second-order valence-electron chi connectivity index (χ2n) is 8.53. The lowest BCUT2D eigenvalue weighted by molar-refractivity contribution is 0.102. The number of nitrogens with zero attached hydrogens (tertiary/aromatic N) is 1. The molecule has 0 spiro atoms. The highest BCUT2D eigenvalue weighted by Crippen LogP contribution is 2.29. The normalized spacial score (nSPS) is 11.2. The van der Waals surface area contributed by atoms with E-state index in [4.69, 9.17) is 11.6 Å². The van der Waals surface area contributed by atoms with Gasteiger partial charge in [0.2, 0.25) is 0 Å². The van der Waals surface area contributed by atoms with Gasteiger partial charge in [-0.15, -0.1) is 11.3 Å². The van der Waals surface area contributed by atoms with Crippen molar-refractivity contribution in [3.63, 3.8) is 0 Å². The summed E-state index contributed by atoms with van der Waals surface area (Å²) in [5.74, 6) is -0.133. The molecule has 0 fully saturated rings. The molecule has 4 rings (SSSR count). The van der Waals surface area contributed by atoms with E-state index in [1.807, 2.05) is 78.2 Å². The number of rotatable bonds is 5. The molecule has 2 N–H and O–H groups in total. The van der Waals surface area contributed by atoms with Gasteiger partial charge < -0.3 is 10.6 Å². The number of nitrogens with one attached hydrogen (secondary N) is 2. The van der Waals surface area contributed by atoms with Gasteiger partial charge in [0.1, 0.15) is 0 Å². The van der Waals surface area contributed by atoms with E-state index in [-0.39, 0.29) is 11.3 Å².